The largest absolute Gasteiger partial charge is 0.488 e. The molecule has 0 saturated heterocycles. The number of fused-ring (bicyclic) bond motifs is 1. The molecule has 1 heterocycles. The molecule has 4 heteroatoms. The minimum atomic E-state index is 0.505. The van der Waals surface area contributed by atoms with Crippen LogP contribution in [0, 0.1) is 0 Å². The monoisotopic (exact) mass is 217 g/mol. The highest BCUT2D eigenvalue weighted by Gasteiger charge is 2.19. The van der Waals surface area contributed by atoms with Gasteiger partial charge in [0, 0.05) is 7.05 Å². The van der Waals surface area contributed by atoms with Gasteiger partial charge in [-0.05, 0) is 12.1 Å². The number of hydrogen-bond donors (Lipinski definition) is 0. The van der Waals surface area contributed by atoms with Gasteiger partial charge in [-0.15, -0.1) is 0 Å². The highest BCUT2D eigenvalue weighted by molar-refractivity contribution is 6.43. The fraction of sp³-hybridized carbons (Fsp3) is 0.333. The summed E-state index contributed by atoms with van der Waals surface area (Å²) in [5.74, 6) is 0.697. The number of hydrogen-bond acceptors (Lipinski definition) is 2. The van der Waals surface area contributed by atoms with Crippen LogP contribution in [-0.4, -0.2) is 20.2 Å². The number of likely N-dealkylation sites (N-methyl/N-ethyl adjacent to an activating group) is 1. The summed E-state index contributed by atoms with van der Waals surface area (Å²) in [4.78, 5) is 2.10. The van der Waals surface area contributed by atoms with Gasteiger partial charge in [-0.3, -0.25) is 0 Å². The number of anilines is 1. The molecule has 0 spiro atoms. The van der Waals surface area contributed by atoms with Crippen molar-refractivity contribution in [1.29, 1.82) is 0 Å². The molecule has 70 valence electrons. The lowest BCUT2D eigenvalue weighted by Gasteiger charge is -2.28. The van der Waals surface area contributed by atoms with Crippen molar-refractivity contribution in [1.82, 2.24) is 0 Å². The molecule has 2 nitrogen and oxygen atoms in total. The second kappa shape index (κ2) is 3.28. The molecule has 0 atom stereocenters. The number of rotatable bonds is 0. The summed E-state index contributed by atoms with van der Waals surface area (Å²) < 4.78 is 5.45. The Morgan fingerprint density at radius 3 is 2.92 bits per heavy atom. The summed E-state index contributed by atoms with van der Waals surface area (Å²) in [6.07, 6.45) is 0. The Balaban J connectivity index is 2.56. The van der Waals surface area contributed by atoms with Gasteiger partial charge in [0.2, 0.25) is 0 Å². The maximum Gasteiger partial charge on any atom is 0.162 e. The quantitative estimate of drug-likeness (QED) is 0.663. The van der Waals surface area contributed by atoms with Crippen molar-refractivity contribution in [2.45, 2.75) is 0 Å². The summed E-state index contributed by atoms with van der Waals surface area (Å²) >= 11 is 11.9. The molecule has 0 fully saturated rings. The summed E-state index contributed by atoms with van der Waals surface area (Å²) in [6.45, 7) is 1.54. The van der Waals surface area contributed by atoms with Gasteiger partial charge < -0.3 is 9.64 Å². The van der Waals surface area contributed by atoms with Gasteiger partial charge in [0.25, 0.3) is 0 Å². The predicted molar refractivity (Wildman–Crippen MR) is 55.2 cm³/mol. The van der Waals surface area contributed by atoms with E-state index in [0.717, 1.165) is 12.2 Å². The van der Waals surface area contributed by atoms with Crippen molar-refractivity contribution in [2.75, 3.05) is 25.1 Å². The van der Waals surface area contributed by atoms with E-state index in [1.807, 2.05) is 13.1 Å². The molecular weight excluding hydrogens is 209 g/mol. The second-order valence-electron chi connectivity index (χ2n) is 2.98. The molecule has 0 unspecified atom stereocenters. The fourth-order valence-corrected chi connectivity index (χ4v) is 1.73. The van der Waals surface area contributed by atoms with E-state index in [-0.39, 0.29) is 0 Å². The molecule has 2 rings (SSSR count). The molecule has 1 aromatic rings. The van der Waals surface area contributed by atoms with Gasteiger partial charge in [-0.25, -0.2) is 0 Å². The lowest BCUT2D eigenvalue weighted by atomic mass is 10.2. The highest BCUT2D eigenvalue weighted by Crippen LogP contribution is 2.41. The average Bonchev–Trinajstić information content (AvgIpc) is 2.12. The van der Waals surface area contributed by atoms with Crippen LogP contribution < -0.4 is 9.64 Å². The van der Waals surface area contributed by atoms with E-state index in [0.29, 0.717) is 22.4 Å². The van der Waals surface area contributed by atoms with E-state index in [9.17, 15) is 0 Å². The smallest absolute Gasteiger partial charge is 0.162 e. The third kappa shape index (κ3) is 1.45. The third-order valence-corrected chi connectivity index (χ3v) is 2.90. The first-order valence-corrected chi connectivity index (χ1v) is 4.77. The molecule has 0 radical (unpaired) electrons. The summed E-state index contributed by atoms with van der Waals surface area (Å²) in [5, 5.41) is 1.04. The molecule has 0 aromatic heterocycles. The number of benzene rings is 1. The maximum atomic E-state index is 5.99. The van der Waals surface area contributed by atoms with E-state index in [2.05, 4.69) is 4.90 Å². The normalized spacial score (nSPS) is 15.2. The Morgan fingerprint density at radius 2 is 2.15 bits per heavy atom. The van der Waals surface area contributed by atoms with Crippen LogP contribution in [0.5, 0.6) is 5.75 Å². The van der Waals surface area contributed by atoms with E-state index in [1.54, 1.807) is 6.07 Å². The van der Waals surface area contributed by atoms with E-state index < -0.39 is 0 Å². The van der Waals surface area contributed by atoms with Crippen molar-refractivity contribution < 1.29 is 4.74 Å². The molecule has 0 bridgehead atoms. The topological polar surface area (TPSA) is 12.5 Å². The SMILES string of the molecule is CN1CCOc2c1ccc(Cl)c2Cl. The summed E-state index contributed by atoms with van der Waals surface area (Å²) in [5.41, 5.74) is 1.00. The Kier molecular flexibility index (Phi) is 2.26. The zero-order valence-electron chi connectivity index (χ0n) is 7.18. The lowest BCUT2D eigenvalue weighted by Crippen LogP contribution is -2.28. The van der Waals surface area contributed by atoms with Crippen LogP contribution in [0.4, 0.5) is 5.69 Å². The maximum absolute atomic E-state index is 5.99. The highest BCUT2D eigenvalue weighted by atomic mass is 35.5. The first-order chi connectivity index (χ1) is 6.20. The average molecular weight is 218 g/mol. The van der Waals surface area contributed by atoms with E-state index in [1.165, 1.54) is 0 Å². The zero-order chi connectivity index (χ0) is 9.42. The molecule has 0 saturated carbocycles. The van der Waals surface area contributed by atoms with Crippen molar-refractivity contribution in [3.05, 3.63) is 22.2 Å². The Labute approximate surface area is 87.0 Å². The van der Waals surface area contributed by atoms with E-state index >= 15 is 0 Å². The van der Waals surface area contributed by atoms with Crippen LogP contribution in [-0.2, 0) is 0 Å². The molecular formula is C9H9Cl2NO. The number of nitrogens with zero attached hydrogens (tertiary/aromatic N) is 1. The third-order valence-electron chi connectivity index (χ3n) is 2.11. The fourth-order valence-electron chi connectivity index (χ4n) is 1.36. The van der Waals surface area contributed by atoms with Crippen LogP contribution in [0.2, 0.25) is 10.0 Å². The van der Waals surface area contributed by atoms with Gasteiger partial charge in [0.1, 0.15) is 11.6 Å². The Hall–Kier alpha value is -0.600. The molecule has 1 aliphatic heterocycles. The first-order valence-electron chi connectivity index (χ1n) is 4.02. The van der Waals surface area contributed by atoms with Crippen molar-refractivity contribution in [3.8, 4) is 5.75 Å². The van der Waals surface area contributed by atoms with Crippen molar-refractivity contribution in [2.24, 2.45) is 0 Å². The van der Waals surface area contributed by atoms with Crippen LogP contribution in [0.1, 0.15) is 0 Å². The molecule has 1 aromatic carbocycles. The molecule has 0 aliphatic carbocycles. The Bertz CT molecular complexity index is 341. The predicted octanol–water partition coefficient (Wildman–Crippen LogP) is 2.82. The second-order valence-corrected chi connectivity index (χ2v) is 3.76. The van der Waals surface area contributed by atoms with Gasteiger partial charge in [-0.1, -0.05) is 23.2 Å². The standard InChI is InChI=1S/C9H9Cl2NO/c1-12-4-5-13-9-7(12)3-2-6(10)8(9)11/h2-3H,4-5H2,1H3. The van der Waals surface area contributed by atoms with Crippen LogP contribution in [0.25, 0.3) is 0 Å². The number of halogens is 2. The summed E-state index contributed by atoms with van der Waals surface area (Å²) in [6, 6.07) is 3.70. The lowest BCUT2D eigenvalue weighted by molar-refractivity contribution is 0.311. The van der Waals surface area contributed by atoms with Crippen LogP contribution in [0.15, 0.2) is 12.1 Å². The molecule has 13 heavy (non-hydrogen) atoms. The molecule has 1 aliphatic rings. The van der Waals surface area contributed by atoms with Gasteiger partial charge in [0.15, 0.2) is 5.75 Å². The minimum absolute atomic E-state index is 0.505. The van der Waals surface area contributed by atoms with Gasteiger partial charge >= 0.3 is 0 Å². The van der Waals surface area contributed by atoms with Crippen LogP contribution >= 0.6 is 23.2 Å². The van der Waals surface area contributed by atoms with Gasteiger partial charge in [0.05, 0.1) is 17.3 Å². The zero-order valence-corrected chi connectivity index (χ0v) is 8.69. The molecule has 0 N–H and O–H groups in total. The van der Waals surface area contributed by atoms with Crippen LogP contribution in [0.3, 0.4) is 0 Å². The number of ether oxygens (including phenoxy) is 1. The van der Waals surface area contributed by atoms with Crippen molar-refractivity contribution in [3.63, 3.8) is 0 Å². The molecule has 0 amide bonds. The summed E-state index contributed by atoms with van der Waals surface area (Å²) in [7, 11) is 2.01. The Morgan fingerprint density at radius 1 is 1.38 bits per heavy atom. The van der Waals surface area contributed by atoms with Gasteiger partial charge in [-0.2, -0.15) is 0 Å². The first kappa shape index (κ1) is 8.97. The minimum Gasteiger partial charge on any atom is -0.488 e. The van der Waals surface area contributed by atoms with E-state index in [4.69, 9.17) is 27.9 Å². The van der Waals surface area contributed by atoms with Crippen molar-refractivity contribution >= 4 is 28.9 Å².